The van der Waals surface area contributed by atoms with Gasteiger partial charge in [0.2, 0.25) is 0 Å². The summed E-state index contributed by atoms with van der Waals surface area (Å²) in [5.41, 5.74) is 0. The molecular weight excluding hydrogens is 757 g/mol. The minimum absolute atomic E-state index is 0.0258. The van der Waals surface area contributed by atoms with Gasteiger partial charge in [-0.2, -0.15) is 0 Å². The molecule has 2 fully saturated rings. The minimum Gasteiger partial charge on any atom is -0.464 e. The summed E-state index contributed by atoms with van der Waals surface area (Å²) >= 11 is 1.19. The number of carbonyl (C=O) groups is 6. The van der Waals surface area contributed by atoms with E-state index in [1.807, 2.05) is 19.0 Å². The second-order valence-electron chi connectivity index (χ2n) is 15.7. The van der Waals surface area contributed by atoms with Crippen LogP contribution in [0.2, 0.25) is 0 Å². The maximum Gasteiger partial charge on any atom is 0.306 e. The second-order valence-corrected chi connectivity index (χ2v) is 16.8. The number of amides is 1. The molecule has 0 aromatic carbocycles. The lowest BCUT2D eigenvalue weighted by molar-refractivity contribution is -0.164. The van der Waals surface area contributed by atoms with E-state index in [9.17, 15) is 28.8 Å². The number of hydrogen-bond acceptors (Lipinski definition) is 14. The lowest BCUT2D eigenvalue weighted by Crippen LogP contribution is -2.33. The van der Waals surface area contributed by atoms with Crippen molar-refractivity contribution in [1.82, 2.24) is 9.80 Å². The van der Waals surface area contributed by atoms with Crippen LogP contribution in [0.1, 0.15) is 135 Å². The Labute approximate surface area is 345 Å². The summed E-state index contributed by atoms with van der Waals surface area (Å²) in [5.74, 6) is 0.215. The first kappa shape index (κ1) is 50.2. The summed E-state index contributed by atoms with van der Waals surface area (Å²) in [7, 11) is 5.42. The van der Waals surface area contributed by atoms with E-state index in [1.54, 1.807) is 4.90 Å². The summed E-state index contributed by atoms with van der Waals surface area (Å²) in [6, 6.07) is 0. The zero-order valence-corrected chi connectivity index (χ0v) is 35.9. The van der Waals surface area contributed by atoms with Gasteiger partial charge in [-0.3, -0.25) is 28.8 Å². The number of rotatable bonds is 31. The first-order valence-corrected chi connectivity index (χ1v) is 22.4. The molecule has 15 heteroatoms. The molecule has 2 saturated carbocycles. The van der Waals surface area contributed by atoms with E-state index in [0.29, 0.717) is 30.4 Å². The Morgan fingerprint density at radius 2 is 1.09 bits per heavy atom. The van der Waals surface area contributed by atoms with E-state index in [1.165, 1.54) is 83.1 Å². The summed E-state index contributed by atoms with van der Waals surface area (Å²) in [6.45, 7) is 1.12. The van der Waals surface area contributed by atoms with Gasteiger partial charge in [0, 0.05) is 51.6 Å². The van der Waals surface area contributed by atoms with Gasteiger partial charge in [-0.05, 0) is 77.4 Å². The molecule has 0 aliphatic heterocycles. The van der Waals surface area contributed by atoms with Crippen molar-refractivity contribution >= 4 is 47.4 Å². The molecule has 2 aliphatic rings. The predicted molar refractivity (Wildman–Crippen MR) is 217 cm³/mol. The van der Waals surface area contributed by atoms with Crippen molar-refractivity contribution in [1.29, 1.82) is 0 Å². The largest absolute Gasteiger partial charge is 0.464 e. The molecule has 2 aliphatic carbocycles. The molecule has 0 N–H and O–H groups in total. The molecule has 2 rings (SSSR count). The third-order valence-electron chi connectivity index (χ3n) is 10.4. The van der Waals surface area contributed by atoms with Crippen LogP contribution in [-0.2, 0) is 52.4 Å². The highest BCUT2D eigenvalue weighted by molar-refractivity contribution is 8.13. The van der Waals surface area contributed by atoms with Crippen LogP contribution < -0.4 is 0 Å². The van der Waals surface area contributed by atoms with Crippen molar-refractivity contribution in [2.24, 2.45) is 11.8 Å². The summed E-state index contributed by atoms with van der Waals surface area (Å²) in [4.78, 5) is 78.0. The minimum atomic E-state index is -0.947. The Morgan fingerprint density at radius 3 is 1.54 bits per heavy atom. The number of nitrogens with zero attached hydrogens (tertiary/aromatic N) is 2. The molecule has 0 bridgehead atoms. The van der Waals surface area contributed by atoms with Crippen molar-refractivity contribution < 1.29 is 57.2 Å². The quantitative estimate of drug-likeness (QED) is 0.0307. The standard InChI is InChI=1S/C42H72N2O12S/c1-43(2)25-14-28-57-42(50)44(26-12-23-40(48)55-36(29-51-3)31-53-38(46)21-10-19-34-15-6-4-7-16-34)27-13-24-41(49)56-37(30-52-33-45)32-54-39(47)22-11-20-35-17-8-5-9-18-35/h33-37H,4-32H2,1-3H3. The molecule has 14 nitrogen and oxygen atoms in total. The molecule has 57 heavy (non-hydrogen) atoms. The van der Waals surface area contributed by atoms with E-state index < -0.39 is 24.1 Å². The number of ether oxygens (including phenoxy) is 6. The van der Waals surface area contributed by atoms with Gasteiger partial charge in [-0.25, -0.2) is 0 Å². The Balaban J connectivity index is 1.79. The van der Waals surface area contributed by atoms with E-state index in [-0.39, 0.29) is 88.9 Å². The Bertz CT molecular complexity index is 1150. The van der Waals surface area contributed by atoms with Gasteiger partial charge in [-0.15, -0.1) is 0 Å². The number of methoxy groups -OCH3 is 1. The molecule has 0 saturated heterocycles. The summed E-state index contributed by atoms with van der Waals surface area (Å²) in [5, 5.41) is -0.157. The smallest absolute Gasteiger partial charge is 0.306 e. The molecule has 328 valence electrons. The average Bonchev–Trinajstić information content (AvgIpc) is 3.19. The maximum absolute atomic E-state index is 13.2. The van der Waals surface area contributed by atoms with Crippen molar-refractivity contribution in [2.75, 3.05) is 73.0 Å². The zero-order valence-electron chi connectivity index (χ0n) is 35.1. The van der Waals surface area contributed by atoms with Crippen LogP contribution in [0.4, 0.5) is 4.79 Å². The fraction of sp³-hybridized carbons (Fsp3) is 0.857. The first-order chi connectivity index (χ1) is 27.6. The molecule has 0 aromatic heterocycles. The lowest BCUT2D eigenvalue weighted by atomic mass is 9.86. The van der Waals surface area contributed by atoms with E-state index in [2.05, 4.69) is 0 Å². The van der Waals surface area contributed by atoms with Gasteiger partial charge >= 0.3 is 23.9 Å². The van der Waals surface area contributed by atoms with Crippen LogP contribution >= 0.6 is 11.8 Å². The fourth-order valence-electron chi connectivity index (χ4n) is 7.35. The monoisotopic (exact) mass is 828 g/mol. The normalized spacial score (nSPS) is 16.0. The molecular formula is C42H72N2O12S. The van der Waals surface area contributed by atoms with Crippen LogP contribution in [-0.4, -0.2) is 131 Å². The zero-order chi connectivity index (χ0) is 41.5. The Morgan fingerprint density at radius 1 is 0.614 bits per heavy atom. The van der Waals surface area contributed by atoms with Crippen LogP contribution in [0.5, 0.6) is 0 Å². The Hall–Kier alpha value is -2.91. The molecule has 2 unspecified atom stereocenters. The maximum atomic E-state index is 13.2. The highest BCUT2D eigenvalue weighted by Gasteiger charge is 2.22. The van der Waals surface area contributed by atoms with Gasteiger partial charge in [-0.1, -0.05) is 76.0 Å². The topological polar surface area (TPSA) is 164 Å². The lowest BCUT2D eigenvalue weighted by Gasteiger charge is -2.23. The molecule has 0 heterocycles. The molecule has 0 spiro atoms. The van der Waals surface area contributed by atoms with Gasteiger partial charge in [0.15, 0.2) is 12.2 Å². The van der Waals surface area contributed by atoms with Gasteiger partial charge in [0.05, 0.1) is 6.61 Å². The number of esters is 4. The van der Waals surface area contributed by atoms with E-state index in [0.717, 1.165) is 38.6 Å². The SMILES string of the molecule is COCC(COC(=O)CCCC1CCCCC1)OC(=O)CCCN(CCCC(=O)OC(COC=O)COC(=O)CCCC1CCCCC1)C(=O)SCCCN(C)C. The summed E-state index contributed by atoms with van der Waals surface area (Å²) < 4.78 is 31.8. The number of thioether (sulfide) groups is 1. The van der Waals surface area contributed by atoms with Crippen molar-refractivity contribution in [3.8, 4) is 0 Å². The Kier molecular flexibility index (Phi) is 28.2. The molecule has 0 radical (unpaired) electrons. The van der Waals surface area contributed by atoms with Crippen molar-refractivity contribution in [3.63, 3.8) is 0 Å². The molecule has 0 aromatic rings. The van der Waals surface area contributed by atoms with Crippen LogP contribution in [0, 0.1) is 11.8 Å². The highest BCUT2D eigenvalue weighted by Crippen LogP contribution is 2.28. The third kappa shape index (κ3) is 25.9. The van der Waals surface area contributed by atoms with E-state index in [4.69, 9.17) is 28.4 Å². The highest BCUT2D eigenvalue weighted by atomic mass is 32.2. The molecule has 1 amide bonds. The van der Waals surface area contributed by atoms with Crippen LogP contribution in [0.25, 0.3) is 0 Å². The summed E-state index contributed by atoms with van der Waals surface area (Å²) in [6.07, 6.45) is 16.4. The second kappa shape index (κ2) is 32.0. The average molecular weight is 829 g/mol. The van der Waals surface area contributed by atoms with Crippen LogP contribution in [0.3, 0.4) is 0 Å². The molecule has 2 atom stereocenters. The van der Waals surface area contributed by atoms with Crippen LogP contribution in [0.15, 0.2) is 0 Å². The van der Waals surface area contributed by atoms with Gasteiger partial charge in [0.25, 0.3) is 11.7 Å². The van der Waals surface area contributed by atoms with Gasteiger partial charge in [0.1, 0.15) is 19.8 Å². The van der Waals surface area contributed by atoms with Crippen molar-refractivity contribution in [2.45, 2.75) is 147 Å². The van der Waals surface area contributed by atoms with Gasteiger partial charge < -0.3 is 38.2 Å². The van der Waals surface area contributed by atoms with E-state index >= 15 is 0 Å². The first-order valence-electron chi connectivity index (χ1n) is 21.4. The predicted octanol–water partition coefficient (Wildman–Crippen LogP) is 6.88. The third-order valence-corrected chi connectivity index (χ3v) is 11.4. The van der Waals surface area contributed by atoms with Crippen molar-refractivity contribution in [3.05, 3.63) is 0 Å². The number of hydrogen-bond donors (Lipinski definition) is 0. The fourth-order valence-corrected chi connectivity index (χ4v) is 8.16. The number of carbonyl (C=O) groups excluding carboxylic acids is 6.